The van der Waals surface area contributed by atoms with Crippen LogP contribution in [0.2, 0.25) is 0 Å². The van der Waals surface area contributed by atoms with Crippen molar-refractivity contribution >= 4 is 43.6 Å². The van der Waals surface area contributed by atoms with Crippen molar-refractivity contribution < 1.29 is 0 Å². The lowest BCUT2D eigenvalue weighted by atomic mass is 10.0. The second-order valence-electron chi connectivity index (χ2n) is 11.9. The van der Waals surface area contributed by atoms with Crippen molar-refractivity contribution in [3.05, 3.63) is 157 Å². The first-order valence-corrected chi connectivity index (χ1v) is 15.4. The van der Waals surface area contributed by atoms with Gasteiger partial charge in [0.2, 0.25) is 0 Å². The molecule has 0 saturated heterocycles. The monoisotopic (exact) mass is 574 g/mol. The first-order chi connectivity index (χ1) is 22.3. The summed E-state index contributed by atoms with van der Waals surface area (Å²) in [4.78, 5) is 10.2. The zero-order valence-corrected chi connectivity index (χ0v) is 24.4. The summed E-state index contributed by atoms with van der Waals surface area (Å²) < 4.78 is 4.64. The van der Waals surface area contributed by atoms with Crippen LogP contribution in [0.4, 0.5) is 0 Å². The number of hydrogen-bond acceptors (Lipinski definition) is 2. The van der Waals surface area contributed by atoms with Crippen LogP contribution in [-0.4, -0.2) is 19.1 Å². The van der Waals surface area contributed by atoms with Crippen molar-refractivity contribution in [2.75, 3.05) is 0 Å². The van der Waals surface area contributed by atoms with Gasteiger partial charge in [0.25, 0.3) is 0 Å². The molecule has 0 aliphatic heterocycles. The highest BCUT2D eigenvalue weighted by Crippen LogP contribution is 2.39. The van der Waals surface area contributed by atoms with E-state index >= 15 is 0 Å². The van der Waals surface area contributed by atoms with Gasteiger partial charge < -0.3 is 4.57 Å². The third-order valence-corrected chi connectivity index (χ3v) is 9.39. The Bertz CT molecular complexity index is 2620. The van der Waals surface area contributed by atoms with Gasteiger partial charge in [-0.25, -0.2) is 4.98 Å². The molecular formula is C41H26N4. The van der Waals surface area contributed by atoms with Gasteiger partial charge in [-0.05, 0) is 59.2 Å². The maximum atomic E-state index is 5.24. The van der Waals surface area contributed by atoms with Gasteiger partial charge in [0.05, 0.1) is 39.7 Å². The quantitative estimate of drug-likeness (QED) is 0.211. The number of fused-ring (bicyclic) bond motifs is 9. The highest BCUT2D eigenvalue weighted by atomic mass is 15.1. The predicted octanol–water partition coefficient (Wildman–Crippen LogP) is 9.91. The van der Waals surface area contributed by atoms with Crippen molar-refractivity contribution in [2.45, 2.75) is 6.42 Å². The van der Waals surface area contributed by atoms with Crippen LogP contribution in [0.25, 0.3) is 77.5 Å². The van der Waals surface area contributed by atoms with Gasteiger partial charge in [-0.3, -0.25) is 9.55 Å². The third kappa shape index (κ3) is 3.54. The van der Waals surface area contributed by atoms with Gasteiger partial charge in [0, 0.05) is 39.2 Å². The molecular weight excluding hydrogens is 548 g/mol. The summed E-state index contributed by atoms with van der Waals surface area (Å²) >= 11 is 0. The van der Waals surface area contributed by atoms with Gasteiger partial charge in [-0.1, -0.05) is 97.1 Å². The Labute approximate surface area is 259 Å². The predicted molar refractivity (Wildman–Crippen MR) is 184 cm³/mol. The summed E-state index contributed by atoms with van der Waals surface area (Å²) in [5, 5.41) is 4.92. The van der Waals surface area contributed by atoms with Gasteiger partial charge in [0.1, 0.15) is 0 Å². The number of rotatable bonds is 3. The highest BCUT2D eigenvalue weighted by molar-refractivity contribution is 6.12. The Morgan fingerprint density at radius 1 is 0.489 bits per heavy atom. The first kappa shape index (κ1) is 24.4. The average Bonchev–Trinajstić information content (AvgIpc) is 3.75. The Balaban J connectivity index is 1.19. The minimum absolute atomic E-state index is 0.833. The number of hydrogen-bond donors (Lipinski definition) is 0. The van der Waals surface area contributed by atoms with Crippen molar-refractivity contribution in [1.29, 1.82) is 0 Å². The molecule has 210 valence electrons. The average molecular weight is 575 g/mol. The van der Waals surface area contributed by atoms with Crippen LogP contribution in [0.1, 0.15) is 11.3 Å². The molecule has 0 N–H and O–H groups in total. The molecule has 0 saturated carbocycles. The zero-order chi connectivity index (χ0) is 29.5. The molecule has 3 heterocycles. The third-order valence-electron chi connectivity index (χ3n) is 9.39. The van der Waals surface area contributed by atoms with Gasteiger partial charge >= 0.3 is 0 Å². The molecule has 0 spiro atoms. The van der Waals surface area contributed by atoms with E-state index in [1.54, 1.807) is 0 Å². The molecule has 3 aromatic heterocycles. The molecule has 45 heavy (non-hydrogen) atoms. The van der Waals surface area contributed by atoms with E-state index in [9.17, 15) is 0 Å². The Morgan fingerprint density at radius 2 is 1.13 bits per heavy atom. The van der Waals surface area contributed by atoms with E-state index in [-0.39, 0.29) is 0 Å². The summed E-state index contributed by atoms with van der Waals surface area (Å²) in [5.41, 5.74) is 12.7. The van der Waals surface area contributed by atoms with Crippen LogP contribution in [0, 0.1) is 0 Å². The lowest BCUT2D eigenvalue weighted by Crippen LogP contribution is -2.01. The second kappa shape index (κ2) is 9.25. The van der Waals surface area contributed by atoms with Gasteiger partial charge in [-0.2, -0.15) is 0 Å². The maximum absolute atomic E-state index is 5.24. The molecule has 4 heteroatoms. The van der Waals surface area contributed by atoms with Crippen LogP contribution >= 0.6 is 0 Å². The van der Waals surface area contributed by atoms with E-state index < -0.39 is 0 Å². The van der Waals surface area contributed by atoms with E-state index in [0.29, 0.717) is 0 Å². The van der Waals surface area contributed by atoms with Crippen molar-refractivity contribution in [3.8, 4) is 33.9 Å². The minimum Gasteiger partial charge on any atom is -0.309 e. The number of para-hydroxylation sites is 3. The van der Waals surface area contributed by atoms with E-state index in [2.05, 4.69) is 149 Å². The van der Waals surface area contributed by atoms with Crippen molar-refractivity contribution in [1.82, 2.24) is 19.1 Å². The smallest absolute Gasteiger partial charge is 0.156 e. The number of aromatic nitrogens is 4. The Kier molecular flexibility index (Phi) is 5.02. The van der Waals surface area contributed by atoms with E-state index in [4.69, 9.17) is 9.97 Å². The highest BCUT2D eigenvalue weighted by Gasteiger charge is 2.23. The fraction of sp³-hybridized carbons (Fsp3) is 0.0244. The molecule has 0 unspecified atom stereocenters. The first-order valence-electron chi connectivity index (χ1n) is 15.4. The molecule has 0 atom stereocenters. The SMILES string of the molecule is c1ccc(-n2c3ccccc3c3cc(-c4ccc5c6ccccc6n(-c6cnc7c(n6)-c6ccccc6C7)c5c4)ccc32)cc1. The molecule has 9 aromatic rings. The normalized spacial score (nSPS) is 12.4. The molecule has 0 amide bonds. The molecule has 1 aliphatic carbocycles. The topological polar surface area (TPSA) is 35.6 Å². The number of benzene rings is 6. The summed E-state index contributed by atoms with van der Waals surface area (Å²) in [6.07, 6.45) is 2.77. The van der Waals surface area contributed by atoms with E-state index in [1.807, 2.05) is 6.20 Å². The molecule has 0 fully saturated rings. The Hall–Kier alpha value is -6.00. The largest absolute Gasteiger partial charge is 0.309 e. The molecule has 0 bridgehead atoms. The minimum atomic E-state index is 0.833. The summed E-state index contributed by atoms with van der Waals surface area (Å²) in [6, 6.07) is 50.1. The molecule has 6 aromatic carbocycles. The standard InChI is InChI=1S/C41H26N4/c1-2-11-29(12-3-1)44-36-16-8-7-15-32(36)34-22-26(19-21-38(34)44)27-18-20-33-31-14-6-9-17-37(31)45(39(33)24-27)40-25-42-35-23-28-10-4-5-13-30(28)41(35)43-40/h1-22,24-25H,23H2. The molecule has 0 radical (unpaired) electrons. The van der Waals surface area contributed by atoms with Gasteiger partial charge in [0.15, 0.2) is 5.82 Å². The fourth-order valence-corrected chi connectivity index (χ4v) is 7.35. The van der Waals surface area contributed by atoms with E-state index in [0.717, 1.165) is 34.7 Å². The molecule has 4 nitrogen and oxygen atoms in total. The maximum Gasteiger partial charge on any atom is 0.156 e. The summed E-state index contributed by atoms with van der Waals surface area (Å²) in [5.74, 6) is 0.843. The van der Waals surface area contributed by atoms with Crippen LogP contribution in [-0.2, 0) is 6.42 Å². The second-order valence-corrected chi connectivity index (χ2v) is 11.9. The van der Waals surface area contributed by atoms with Crippen molar-refractivity contribution in [3.63, 3.8) is 0 Å². The van der Waals surface area contributed by atoms with Crippen LogP contribution in [0.3, 0.4) is 0 Å². The van der Waals surface area contributed by atoms with Crippen LogP contribution in [0.5, 0.6) is 0 Å². The fourth-order valence-electron chi connectivity index (χ4n) is 7.35. The Morgan fingerprint density at radius 3 is 2.00 bits per heavy atom. The lowest BCUT2D eigenvalue weighted by molar-refractivity contribution is 1.01. The molecule has 1 aliphatic rings. The zero-order valence-electron chi connectivity index (χ0n) is 24.4. The van der Waals surface area contributed by atoms with Crippen molar-refractivity contribution in [2.24, 2.45) is 0 Å². The lowest BCUT2D eigenvalue weighted by Gasteiger charge is -2.10. The number of nitrogens with zero attached hydrogens (tertiary/aromatic N) is 4. The summed E-state index contributed by atoms with van der Waals surface area (Å²) in [7, 11) is 0. The van der Waals surface area contributed by atoms with Crippen LogP contribution < -0.4 is 0 Å². The van der Waals surface area contributed by atoms with Crippen LogP contribution in [0.15, 0.2) is 146 Å². The van der Waals surface area contributed by atoms with E-state index in [1.165, 1.54) is 60.5 Å². The summed E-state index contributed by atoms with van der Waals surface area (Å²) in [6.45, 7) is 0. The molecule has 10 rings (SSSR count). The van der Waals surface area contributed by atoms with Gasteiger partial charge in [-0.15, -0.1) is 0 Å².